The topological polar surface area (TPSA) is 147 Å². The van der Waals surface area contributed by atoms with E-state index < -0.39 is 26.2 Å². The predicted molar refractivity (Wildman–Crippen MR) is 139 cm³/mol. The van der Waals surface area contributed by atoms with Crippen LogP contribution in [0.5, 0.6) is 5.75 Å². The van der Waals surface area contributed by atoms with Gasteiger partial charge in [-0.2, -0.15) is 4.31 Å². The Labute approximate surface area is 225 Å². The average Bonchev–Trinajstić information content (AvgIpc) is 3.28. The van der Waals surface area contributed by atoms with E-state index in [0.717, 1.165) is 6.42 Å². The number of halogens is 1. The van der Waals surface area contributed by atoms with Gasteiger partial charge in [0.25, 0.3) is 0 Å². The Morgan fingerprint density at radius 3 is 2.68 bits per heavy atom. The first kappa shape index (κ1) is 28.4. The third-order valence-electron chi connectivity index (χ3n) is 6.63. The van der Waals surface area contributed by atoms with E-state index in [1.807, 2.05) is 0 Å². The number of aromatic nitrogens is 1. The summed E-state index contributed by atoms with van der Waals surface area (Å²) >= 11 is 3.27. The molecule has 0 saturated carbocycles. The minimum Gasteiger partial charge on any atom is -0.491 e. The Bertz CT molecular complexity index is 1300. The molecule has 0 radical (unpaired) electrons. The second-order valence-corrected chi connectivity index (χ2v) is 13.9. The number of sulfonamides is 2. The molecule has 0 aliphatic carbocycles. The summed E-state index contributed by atoms with van der Waals surface area (Å²) in [5, 5.41) is 13.7. The molecule has 3 N–H and O–H groups in total. The first-order valence-corrected chi connectivity index (χ1v) is 15.6. The number of nitrogens with one attached hydrogen (secondary N) is 2. The van der Waals surface area contributed by atoms with Gasteiger partial charge < -0.3 is 19.9 Å². The van der Waals surface area contributed by atoms with Gasteiger partial charge in [-0.3, -0.25) is 4.98 Å². The van der Waals surface area contributed by atoms with Gasteiger partial charge in [0.1, 0.15) is 23.4 Å². The molecule has 0 bridgehead atoms. The van der Waals surface area contributed by atoms with Crippen molar-refractivity contribution in [3.8, 4) is 5.75 Å². The number of piperidine rings is 1. The quantitative estimate of drug-likeness (QED) is 0.356. The highest BCUT2D eigenvalue weighted by atomic mass is 79.9. The number of aliphatic hydroxyl groups is 1. The molecule has 0 amide bonds. The first-order chi connectivity index (χ1) is 17.5. The molecule has 1 aromatic carbocycles. The van der Waals surface area contributed by atoms with Crippen molar-refractivity contribution in [1.29, 1.82) is 0 Å². The SMILES string of the molecule is CNS(=O)(=O)c1cccc(OCC(O)CNC2COC3(CCN(S(=O)(=O)c4cncc(Br)c4)CC3)C2)c1. The van der Waals surface area contributed by atoms with Gasteiger partial charge >= 0.3 is 0 Å². The maximum atomic E-state index is 13.0. The standard InChI is InChI=1S/C23H31BrN4O7S2/c1-25-36(30,31)21-4-2-3-20(10-21)34-16-19(29)13-27-18-11-23(35-15-18)5-7-28(8-6-23)37(32,33)22-9-17(24)12-26-14-22/h2-4,9-10,12,14,18-19,25,27,29H,5-8,11,13,15-16H2,1H3. The molecule has 1 spiro atoms. The molecule has 2 atom stereocenters. The summed E-state index contributed by atoms with van der Waals surface area (Å²) in [6.45, 7) is 1.46. The van der Waals surface area contributed by atoms with Crippen molar-refractivity contribution in [2.75, 3.05) is 39.9 Å². The van der Waals surface area contributed by atoms with Gasteiger partial charge in [0.15, 0.2) is 0 Å². The van der Waals surface area contributed by atoms with E-state index in [0.29, 0.717) is 42.8 Å². The van der Waals surface area contributed by atoms with E-state index in [-0.39, 0.29) is 34.6 Å². The van der Waals surface area contributed by atoms with E-state index in [1.165, 1.54) is 29.7 Å². The van der Waals surface area contributed by atoms with Gasteiger partial charge in [0.05, 0.1) is 17.1 Å². The molecule has 2 fully saturated rings. The van der Waals surface area contributed by atoms with E-state index in [2.05, 4.69) is 31.0 Å². The summed E-state index contributed by atoms with van der Waals surface area (Å²) < 4.78 is 65.9. The van der Waals surface area contributed by atoms with Gasteiger partial charge in [-0.25, -0.2) is 21.6 Å². The molecule has 11 nitrogen and oxygen atoms in total. The summed E-state index contributed by atoms with van der Waals surface area (Å²) in [5.41, 5.74) is -0.389. The van der Waals surface area contributed by atoms with Crippen molar-refractivity contribution in [3.63, 3.8) is 0 Å². The zero-order chi connectivity index (χ0) is 26.7. The summed E-state index contributed by atoms with van der Waals surface area (Å²) in [7, 11) is -5.87. The number of hydrogen-bond donors (Lipinski definition) is 3. The Morgan fingerprint density at radius 1 is 1.22 bits per heavy atom. The van der Waals surface area contributed by atoms with Gasteiger partial charge in [-0.15, -0.1) is 0 Å². The van der Waals surface area contributed by atoms with Crippen LogP contribution in [0.15, 0.2) is 57.0 Å². The van der Waals surface area contributed by atoms with Crippen LogP contribution in [0.2, 0.25) is 0 Å². The molecule has 3 heterocycles. The fourth-order valence-corrected chi connectivity index (χ4v) is 7.26. The van der Waals surface area contributed by atoms with Crippen molar-refractivity contribution in [1.82, 2.24) is 19.3 Å². The third kappa shape index (κ3) is 6.87. The highest BCUT2D eigenvalue weighted by Gasteiger charge is 2.44. The summed E-state index contributed by atoms with van der Waals surface area (Å²) in [6.07, 6.45) is 3.98. The Kier molecular flexibility index (Phi) is 8.90. The molecule has 14 heteroatoms. The molecule has 2 saturated heterocycles. The van der Waals surface area contributed by atoms with Crippen LogP contribution in [0.4, 0.5) is 0 Å². The van der Waals surface area contributed by atoms with Gasteiger partial charge in [-0.05, 0) is 60.4 Å². The largest absolute Gasteiger partial charge is 0.491 e. The first-order valence-electron chi connectivity index (χ1n) is 11.9. The second kappa shape index (κ2) is 11.6. The van der Waals surface area contributed by atoms with Gasteiger partial charge in [0, 0.05) is 48.6 Å². The molecule has 1 aromatic heterocycles. The van der Waals surface area contributed by atoms with Crippen LogP contribution >= 0.6 is 15.9 Å². The lowest BCUT2D eigenvalue weighted by Gasteiger charge is -2.38. The average molecular weight is 620 g/mol. The molecular weight excluding hydrogens is 588 g/mol. The number of rotatable bonds is 10. The Balaban J connectivity index is 1.23. The van der Waals surface area contributed by atoms with E-state index >= 15 is 0 Å². The normalized spacial score (nSPS) is 21.2. The van der Waals surface area contributed by atoms with Gasteiger partial charge in [-0.1, -0.05) is 6.07 Å². The van der Waals surface area contributed by atoms with Crippen molar-refractivity contribution < 1.29 is 31.4 Å². The van der Waals surface area contributed by atoms with Crippen molar-refractivity contribution in [2.24, 2.45) is 0 Å². The highest BCUT2D eigenvalue weighted by Crippen LogP contribution is 2.37. The van der Waals surface area contributed by atoms with Crippen LogP contribution in [0.3, 0.4) is 0 Å². The minimum absolute atomic E-state index is 0.00789. The van der Waals surface area contributed by atoms with Crippen molar-refractivity contribution >= 4 is 36.0 Å². The van der Waals surface area contributed by atoms with Crippen molar-refractivity contribution in [3.05, 3.63) is 47.2 Å². The van der Waals surface area contributed by atoms with E-state index in [4.69, 9.17) is 9.47 Å². The van der Waals surface area contributed by atoms with Crippen LogP contribution in [-0.4, -0.2) is 88.9 Å². The smallest absolute Gasteiger partial charge is 0.244 e. The fraction of sp³-hybridized carbons (Fsp3) is 0.522. The van der Waals surface area contributed by atoms with Gasteiger partial charge in [0.2, 0.25) is 20.0 Å². The third-order valence-corrected chi connectivity index (χ3v) is 10.3. The summed E-state index contributed by atoms with van der Waals surface area (Å²) in [5.74, 6) is 0.346. The number of benzene rings is 1. The van der Waals surface area contributed by atoms with Crippen molar-refractivity contribution in [2.45, 2.75) is 46.8 Å². The lowest BCUT2D eigenvalue weighted by molar-refractivity contribution is -0.0312. The highest BCUT2D eigenvalue weighted by molar-refractivity contribution is 9.10. The Hall–Kier alpha value is -1.65. The molecular formula is C23H31BrN4O7S2. The molecule has 2 aliphatic rings. The zero-order valence-electron chi connectivity index (χ0n) is 20.3. The molecule has 4 rings (SSSR count). The van der Waals surface area contributed by atoms with Crippen LogP contribution in [0.25, 0.3) is 0 Å². The molecule has 204 valence electrons. The maximum Gasteiger partial charge on any atom is 0.244 e. The van der Waals surface area contributed by atoms with E-state index in [9.17, 15) is 21.9 Å². The molecule has 2 unspecified atom stereocenters. The summed E-state index contributed by atoms with van der Waals surface area (Å²) in [6, 6.07) is 7.64. The summed E-state index contributed by atoms with van der Waals surface area (Å²) in [4.78, 5) is 4.21. The number of hydrogen-bond acceptors (Lipinski definition) is 9. The van der Waals surface area contributed by atoms with E-state index in [1.54, 1.807) is 24.4 Å². The number of pyridine rings is 1. The second-order valence-electron chi connectivity index (χ2n) is 9.19. The minimum atomic E-state index is -3.62. The van der Waals surface area contributed by atoms with Crippen LogP contribution in [0, 0.1) is 0 Å². The number of ether oxygens (including phenoxy) is 2. The Morgan fingerprint density at radius 2 is 1.97 bits per heavy atom. The number of aliphatic hydroxyl groups excluding tert-OH is 1. The lowest BCUT2D eigenvalue weighted by atomic mass is 9.88. The predicted octanol–water partition coefficient (Wildman–Crippen LogP) is 1.09. The van der Waals surface area contributed by atoms with Crippen LogP contribution < -0.4 is 14.8 Å². The fourth-order valence-electron chi connectivity index (χ4n) is 4.54. The lowest BCUT2D eigenvalue weighted by Crippen LogP contribution is -2.47. The maximum absolute atomic E-state index is 13.0. The number of nitrogens with zero attached hydrogens (tertiary/aromatic N) is 2. The monoisotopic (exact) mass is 618 g/mol. The zero-order valence-corrected chi connectivity index (χ0v) is 23.6. The molecule has 37 heavy (non-hydrogen) atoms. The molecule has 2 aromatic rings. The van der Waals surface area contributed by atoms with Crippen LogP contribution in [-0.2, 0) is 24.8 Å². The van der Waals surface area contributed by atoms with Crippen LogP contribution in [0.1, 0.15) is 19.3 Å². The molecule has 2 aliphatic heterocycles.